The summed E-state index contributed by atoms with van der Waals surface area (Å²) in [6.07, 6.45) is 0.703. The van der Waals surface area contributed by atoms with Gasteiger partial charge in [0.2, 0.25) is 5.91 Å². The standard InChI is InChI=1S/C19H25BN2O6/c1-4-26-16(24)11-28-18-15(21-12(3)23)10-13-6-8-22(19(25)27-5-2)9-7-14(13)17(18)20/h10H,4-9,11H2,1-3H3,(H,21,23). The Labute approximate surface area is 165 Å². The van der Waals surface area contributed by atoms with Gasteiger partial charge in [0, 0.05) is 20.0 Å². The molecule has 2 amide bonds. The highest BCUT2D eigenvalue weighted by Gasteiger charge is 2.24. The van der Waals surface area contributed by atoms with E-state index in [1.54, 1.807) is 24.8 Å². The van der Waals surface area contributed by atoms with Crippen molar-refractivity contribution in [2.45, 2.75) is 33.6 Å². The van der Waals surface area contributed by atoms with Crippen LogP contribution in [-0.2, 0) is 31.9 Å². The molecular formula is C19H25BN2O6. The SMILES string of the molecule is [B]c1c2c(cc(NC(C)=O)c1OCC(=O)OCC)CCN(C(=O)OCC)CC2. The zero-order chi connectivity index (χ0) is 20.7. The Morgan fingerprint density at radius 3 is 2.46 bits per heavy atom. The van der Waals surface area contributed by atoms with Crippen molar-refractivity contribution in [3.8, 4) is 5.75 Å². The molecule has 0 saturated heterocycles. The summed E-state index contributed by atoms with van der Waals surface area (Å²) in [5, 5.41) is 2.69. The lowest BCUT2D eigenvalue weighted by Crippen LogP contribution is -2.34. The molecule has 0 unspecified atom stereocenters. The zero-order valence-corrected chi connectivity index (χ0v) is 16.5. The zero-order valence-electron chi connectivity index (χ0n) is 16.5. The summed E-state index contributed by atoms with van der Waals surface area (Å²) in [6, 6.07) is 1.78. The van der Waals surface area contributed by atoms with Gasteiger partial charge in [-0.25, -0.2) is 9.59 Å². The third-order valence-electron chi connectivity index (χ3n) is 4.28. The van der Waals surface area contributed by atoms with Gasteiger partial charge in [-0.15, -0.1) is 0 Å². The maximum atomic E-state index is 12.0. The average Bonchev–Trinajstić information content (AvgIpc) is 2.84. The van der Waals surface area contributed by atoms with Crippen molar-refractivity contribution in [2.75, 3.05) is 38.2 Å². The highest BCUT2D eigenvalue weighted by Crippen LogP contribution is 2.28. The van der Waals surface area contributed by atoms with Gasteiger partial charge in [0.1, 0.15) is 13.6 Å². The Bertz CT molecular complexity index is 752. The molecule has 8 nitrogen and oxygen atoms in total. The predicted molar refractivity (Wildman–Crippen MR) is 104 cm³/mol. The first-order chi connectivity index (χ1) is 13.4. The van der Waals surface area contributed by atoms with Crippen LogP contribution in [-0.4, -0.2) is 63.6 Å². The summed E-state index contributed by atoms with van der Waals surface area (Å²) in [6.45, 7) is 5.99. The monoisotopic (exact) mass is 388 g/mol. The molecule has 1 aliphatic heterocycles. The molecule has 0 aliphatic carbocycles. The first kappa shape index (κ1) is 21.6. The number of hydrogen-bond donors (Lipinski definition) is 1. The van der Waals surface area contributed by atoms with E-state index in [9.17, 15) is 14.4 Å². The quantitative estimate of drug-likeness (QED) is 0.576. The topological polar surface area (TPSA) is 94.2 Å². The first-order valence-electron chi connectivity index (χ1n) is 9.29. The van der Waals surface area contributed by atoms with Crippen molar-refractivity contribution in [1.29, 1.82) is 0 Å². The first-order valence-corrected chi connectivity index (χ1v) is 9.29. The van der Waals surface area contributed by atoms with E-state index < -0.39 is 5.97 Å². The number of carbonyl (C=O) groups excluding carboxylic acids is 3. The minimum absolute atomic E-state index is 0.228. The number of benzene rings is 1. The van der Waals surface area contributed by atoms with Crippen molar-refractivity contribution >= 4 is 37.0 Å². The lowest BCUT2D eigenvalue weighted by molar-refractivity contribution is -0.145. The van der Waals surface area contributed by atoms with Crippen LogP contribution in [0.1, 0.15) is 31.9 Å². The van der Waals surface area contributed by atoms with Crippen LogP contribution >= 0.6 is 0 Å². The van der Waals surface area contributed by atoms with Gasteiger partial charge >= 0.3 is 12.1 Å². The average molecular weight is 388 g/mol. The van der Waals surface area contributed by atoms with Gasteiger partial charge in [-0.05, 0) is 49.3 Å². The molecule has 0 atom stereocenters. The molecule has 28 heavy (non-hydrogen) atoms. The molecule has 0 saturated carbocycles. The van der Waals surface area contributed by atoms with E-state index in [0.717, 1.165) is 11.1 Å². The summed E-state index contributed by atoms with van der Waals surface area (Å²) < 4.78 is 15.5. The summed E-state index contributed by atoms with van der Waals surface area (Å²) in [4.78, 5) is 36.9. The molecular weight excluding hydrogens is 363 g/mol. The molecule has 0 spiro atoms. The Hall–Kier alpha value is -2.71. The van der Waals surface area contributed by atoms with E-state index in [-0.39, 0.29) is 31.0 Å². The number of ether oxygens (including phenoxy) is 3. The van der Waals surface area contributed by atoms with E-state index in [2.05, 4.69) is 5.32 Å². The Balaban J connectivity index is 2.31. The number of nitrogens with one attached hydrogen (secondary N) is 1. The van der Waals surface area contributed by atoms with Crippen LogP contribution in [0, 0.1) is 0 Å². The molecule has 2 rings (SSSR count). The van der Waals surface area contributed by atoms with Crippen molar-refractivity contribution in [3.63, 3.8) is 0 Å². The van der Waals surface area contributed by atoms with E-state index >= 15 is 0 Å². The van der Waals surface area contributed by atoms with Crippen molar-refractivity contribution < 1.29 is 28.6 Å². The molecule has 0 fully saturated rings. The summed E-state index contributed by atoms with van der Waals surface area (Å²) in [5.74, 6) is -0.590. The summed E-state index contributed by atoms with van der Waals surface area (Å²) in [5.41, 5.74) is 2.48. The van der Waals surface area contributed by atoms with Gasteiger partial charge in [-0.3, -0.25) is 4.79 Å². The molecule has 1 N–H and O–H groups in total. The highest BCUT2D eigenvalue weighted by atomic mass is 16.6. The molecule has 2 radical (unpaired) electrons. The summed E-state index contributed by atoms with van der Waals surface area (Å²) >= 11 is 0. The van der Waals surface area contributed by atoms with E-state index in [1.165, 1.54) is 6.92 Å². The molecule has 9 heteroatoms. The van der Waals surface area contributed by atoms with Crippen molar-refractivity contribution in [2.24, 2.45) is 0 Å². The van der Waals surface area contributed by atoms with Crippen LogP contribution in [0.4, 0.5) is 10.5 Å². The molecule has 0 bridgehead atoms. The minimum atomic E-state index is -0.529. The van der Waals surface area contributed by atoms with E-state index in [1.807, 2.05) is 0 Å². The maximum Gasteiger partial charge on any atom is 0.409 e. The fraction of sp³-hybridized carbons (Fsp3) is 0.526. The number of nitrogens with zero attached hydrogens (tertiary/aromatic N) is 1. The Kier molecular flexibility index (Phi) is 7.72. The fourth-order valence-corrected chi connectivity index (χ4v) is 3.08. The second kappa shape index (κ2) is 10.0. The molecule has 1 aliphatic rings. The number of fused-ring (bicyclic) bond motifs is 1. The number of anilines is 1. The molecule has 0 aromatic heterocycles. The van der Waals surface area contributed by atoms with Crippen LogP contribution in [0.5, 0.6) is 5.75 Å². The smallest absolute Gasteiger partial charge is 0.409 e. The van der Waals surface area contributed by atoms with E-state index in [0.29, 0.717) is 43.7 Å². The number of carbonyl (C=O) groups is 3. The Morgan fingerprint density at radius 1 is 1.14 bits per heavy atom. The molecule has 1 aromatic carbocycles. The largest absolute Gasteiger partial charge is 0.480 e. The van der Waals surface area contributed by atoms with Crippen LogP contribution in [0.3, 0.4) is 0 Å². The van der Waals surface area contributed by atoms with Gasteiger partial charge in [-0.1, -0.05) is 0 Å². The minimum Gasteiger partial charge on any atom is -0.480 e. The number of esters is 1. The van der Waals surface area contributed by atoms with Gasteiger partial charge in [0.25, 0.3) is 0 Å². The van der Waals surface area contributed by atoms with Gasteiger partial charge in [0.05, 0.1) is 18.9 Å². The lowest BCUT2D eigenvalue weighted by Gasteiger charge is -2.20. The van der Waals surface area contributed by atoms with Gasteiger partial charge in [0.15, 0.2) is 6.61 Å². The van der Waals surface area contributed by atoms with Gasteiger partial charge in [-0.2, -0.15) is 0 Å². The number of amides is 2. The molecule has 1 heterocycles. The highest BCUT2D eigenvalue weighted by molar-refractivity contribution is 6.36. The fourth-order valence-electron chi connectivity index (χ4n) is 3.08. The third kappa shape index (κ3) is 5.40. The lowest BCUT2D eigenvalue weighted by atomic mass is 9.84. The van der Waals surface area contributed by atoms with E-state index in [4.69, 9.17) is 22.1 Å². The van der Waals surface area contributed by atoms with Crippen LogP contribution in [0.15, 0.2) is 6.07 Å². The van der Waals surface area contributed by atoms with Gasteiger partial charge < -0.3 is 24.4 Å². The van der Waals surface area contributed by atoms with Crippen LogP contribution in [0.2, 0.25) is 0 Å². The van der Waals surface area contributed by atoms with Crippen molar-refractivity contribution in [3.05, 3.63) is 17.2 Å². The maximum absolute atomic E-state index is 12.0. The van der Waals surface area contributed by atoms with Crippen LogP contribution in [0.25, 0.3) is 0 Å². The molecule has 1 aromatic rings. The predicted octanol–water partition coefficient (Wildman–Crippen LogP) is 0.938. The Morgan fingerprint density at radius 2 is 1.82 bits per heavy atom. The molecule has 150 valence electrons. The number of rotatable bonds is 6. The van der Waals surface area contributed by atoms with Crippen molar-refractivity contribution in [1.82, 2.24) is 4.90 Å². The van der Waals surface area contributed by atoms with Crippen LogP contribution < -0.4 is 15.5 Å². The second-order valence-corrected chi connectivity index (χ2v) is 6.27. The third-order valence-corrected chi connectivity index (χ3v) is 4.28. The number of hydrogen-bond acceptors (Lipinski definition) is 6. The normalized spacial score (nSPS) is 13.2. The second-order valence-electron chi connectivity index (χ2n) is 6.27. The summed E-state index contributed by atoms with van der Waals surface area (Å²) in [7, 11) is 6.33.